The molecule has 0 spiro atoms. The lowest BCUT2D eigenvalue weighted by atomic mass is 10.0. The summed E-state index contributed by atoms with van der Waals surface area (Å²) in [6, 6.07) is 2.96. The first-order valence-electron chi connectivity index (χ1n) is 8.13. The molecule has 1 unspecified atom stereocenters. The summed E-state index contributed by atoms with van der Waals surface area (Å²) in [6.45, 7) is 1.42. The van der Waals surface area contributed by atoms with Gasteiger partial charge in [-0.15, -0.1) is 0 Å². The second-order valence-electron chi connectivity index (χ2n) is 6.30. The largest absolute Gasteiger partial charge is 0.465 e. The highest BCUT2D eigenvalue weighted by atomic mass is 16.3. The van der Waals surface area contributed by atoms with E-state index in [0.717, 1.165) is 5.76 Å². The van der Waals surface area contributed by atoms with Crippen molar-refractivity contribution in [2.75, 3.05) is 32.9 Å². The zero-order chi connectivity index (χ0) is 18.4. The van der Waals surface area contributed by atoms with E-state index in [1.807, 2.05) is 24.0 Å². The van der Waals surface area contributed by atoms with Crippen molar-refractivity contribution in [2.24, 2.45) is 0 Å². The first kappa shape index (κ1) is 19.4. The molecule has 9 nitrogen and oxygen atoms in total. The number of aliphatic hydroxyl groups excluding tert-OH is 3. The normalized spacial score (nSPS) is 18.9. The Morgan fingerprint density at radius 2 is 2.04 bits per heavy atom. The molecule has 1 fully saturated rings. The minimum absolute atomic E-state index is 0.159. The zero-order valence-electron chi connectivity index (χ0n) is 14.2. The topological polar surface area (TPSA) is 135 Å². The monoisotopic (exact) mass is 355 g/mol. The molecule has 25 heavy (non-hydrogen) atoms. The molecular weight excluding hydrogens is 330 g/mol. The lowest BCUT2D eigenvalue weighted by Crippen LogP contribution is -2.60. The summed E-state index contributed by atoms with van der Waals surface area (Å²) in [5.41, 5.74) is -1.51. The van der Waals surface area contributed by atoms with Crippen molar-refractivity contribution >= 4 is 11.8 Å². The van der Waals surface area contributed by atoms with Crippen LogP contribution in [0.3, 0.4) is 0 Å². The van der Waals surface area contributed by atoms with Gasteiger partial charge in [-0.05, 0) is 19.1 Å². The van der Waals surface area contributed by atoms with Crippen molar-refractivity contribution in [3.8, 4) is 0 Å². The van der Waals surface area contributed by atoms with Crippen molar-refractivity contribution in [2.45, 2.75) is 31.5 Å². The van der Waals surface area contributed by atoms with E-state index in [4.69, 9.17) is 4.42 Å². The van der Waals surface area contributed by atoms with Crippen molar-refractivity contribution < 1.29 is 29.3 Å². The van der Waals surface area contributed by atoms with Gasteiger partial charge >= 0.3 is 0 Å². The van der Waals surface area contributed by atoms with Gasteiger partial charge in [0, 0.05) is 13.1 Å². The molecule has 1 atom stereocenters. The predicted molar refractivity (Wildman–Crippen MR) is 87.4 cm³/mol. The third-order valence-corrected chi connectivity index (χ3v) is 4.29. The second kappa shape index (κ2) is 8.43. The number of aryl methyl sites for hydroxylation is 1. The van der Waals surface area contributed by atoms with Gasteiger partial charge in [0.05, 0.1) is 38.8 Å². The standard InChI is InChI=1S/C16H25N3O6/c1-11-2-3-12(25-11)7-19-5-4-17-15(24)13(19)6-14(23)18-16(8-20,9-21)10-22/h2-3,13,20-22H,4-10H2,1H3,(H,17,24)(H,18,23). The number of carbonyl (C=O) groups is 2. The van der Waals surface area contributed by atoms with Gasteiger partial charge in [0.1, 0.15) is 17.1 Å². The summed E-state index contributed by atoms with van der Waals surface area (Å²) >= 11 is 0. The van der Waals surface area contributed by atoms with Crippen LogP contribution >= 0.6 is 0 Å². The fourth-order valence-corrected chi connectivity index (χ4v) is 2.73. The molecule has 2 rings (SSSR count). The van der Waals surface area contributed by atoms with E-state index in [1.165, 1.54) is 0 Å². The Bertz CT molecular complexity index is 590. The summed E-state index contributed by atoms with van der Waals surface area (Å²) < 4.78 is 5.53. The lowest BCUT2D eigenvalue weighted by Gasteiger charge is -2.35. The number of hydrogen-bond acceptors (Lipinski definition) is 7. The molecule has 0 saturated carbocycles. The van der Waals surface area contributed by atoms with Gasteiger partial charge < -0.3 is 30.4 Å². The number of carbonyl (C=O) groups excluding carboxylic acids is 2. The Labute approximate surface area is 145 Å². The van der Waals surface area contributed by atoms with Crippen LogP contribution in [-0.2, 0) is 16.1 Å². The van der Waals surface area contributed by atoms with Gasteiger partial charge in [-0.2, -0.15) is 0 Å². The van der Waals surface area contributed by atoms with Crippen LogP contribution in [0.2, 0.25) is 0 Å². The van der Waals surface area contributed by atoms with E-state index in [0.29, 0.717) is 25.4 Å². The third-order valence-electron chi connectivity index (χ3n) is 4.29. The molecule has 0 radical (unpaired) electrons. The molecule has 1 aromatic rings. The molecular formula is C16H25N3O6. The highest BCUT2D eigenvalue weighted by Crippen LogP contribution is 2.16. The summed E-state index contributed by atoms with van der Waals surface area (Å²) in [4.78, 5) is 26.3. The third kappa shape index (κ3) is 4.79. The van der Waals surface area contributed by atoms with Crippen LogP contribution in [0.4, 0.5) is 0 Å². The van der Waals surface area contributed by atoms with E-state index >= 15 is 0 Å². The number of piperazine rings is 1. The maximum atomic E-state index is 12.3. The smallest absolute Gasteiger partial charge is 0.237 e. The fourth-order valence-electron chi connectivity index (χ4n) is 2.73. The molecule has 0 aromatic carbocycles. The minimum atomic E-state index is -1.51. The number of furan rings is 1. The van der Waals surface area contributed by atoms with E-state index in [-0.39, 0.29) is 12.3 Å². The summed E-state index contributed by atoms with van der Waals surface area (Å²) in [5.74, 6) is 0.657. The first-order chi connectivity index (χ1) is 11.9. The molecule has 9 heteroatoms. The molecule has 0 bridgehead atoms. The Kier molecular flexibility index (Phi) is 6.54. The Balaban J connectivity index is 2.04. The van der Waals surface area contributed by atoms with E-state index in [1.54, 1.807) is 0 Å². The summed E-state index contributed by atoms with van der Waals surface area (Å²) in [7, 11) is 0. The molecule has 5 N–H and O–H groups in total. The Hall–Kier alpha value is -1.94. The summed E-state index contributed by atoms with van der Waals surface area (Å²) in [5, 5.41) is 33.0. The van der Waals surface area contributed by atoms with Gasteiger partial charge in [-0.1, -0.05) is 0 Å². The predicted octanol–water partition coefficient (Wildman–Crippen LogP) is -1.89. The molecule has 1 saturated heterocycles. The molecule has 2 amide bonds. The van der Waals surface area contributed by atoms with Crippen molar-refractivity contribution in [3.63, 3.8) is 0 Å². The average Bonchev–Trinajstić information content (AvgIpc) is 3.01. The quantitative estimate of drug-likeness (QED) is 0.368. The average molecular weight is 355 g/mol. The van der Waals surface area contributed by atoms with Gasteiger partial charge in [-0.25, -0.2) is 0 Å². The maximum Gasteiger partial charge on any atom is 0.237 e. The molecule has 2 heterocycles. The van der Waals surface area contributed by atoms with Gasteiger partial charge in [-0.3, -0.25) is 14.5 Å². The van der Waals surface area contributed by atoms with Crippen molar-refractivity contribution in [1.82, 2.24) is 15.5 Å². The number of nitrogens with one attached hydrogen (secondary N) is 2. The fraction of sp³-hybridized carbons (Fsp3) is 0.625. The van der Waals surface area contributed by atoms with Gasteiger partial charge in [0.15, 0.2) is 0 Å². The highest BCUT2D eigenvalue weighted by Gasteiger charge is 2.35. The minimum Gasteiger partial charge on any atom is -0.465 e. The number of amides is 2. The van der Waals surface area contributed by atoms with Gasteiger partial charge in [0.25, 0.3) is 0 Å². The molecule has 140 valence electrons. The SMILES string of the molecule is Cc1ccc(CN2CCNC(=O)C2CC(=O)NC(CO)(CO)CO)o1. The number of aliphatic hydroxyl groups is 3. The Morgan fingerprint density at radius 3 is 2.60 bits per heavy atom. The molecule has 0 aliphatic carbocycles. The number of rotatable bonds is 8. The van der Waals surface area contributed by atoms with E-state index < -0.39 is 37.3 Å². The van der Waals surface area contributed by atoms with Crippen molar-refractivity contribution in [3.05, 3.63) is 23.7 Å². The molecule has 1 aromatic heterocycles. The van der Waals surface area contributed by atoms with E-state index in [2.05, 4.69) is 10.6 Å². The Morgan fingerprint density at radius 1 is 1.36 bits per heavy atom. The first-order valence-corrected chi connectivity index (χ1v) is 8.13. The van der Waals surface area contributed by atoms with Crippen LogP contribution < -0.4 is 10.6 Å². The van der Waals surface area contributed by atoms with Crippen LogP contribution in [0.5, 0.6) is 0 Å². The molecule has 1 aliphatic heterocycles. The van der Waals surface area contributed by atoms with Crippen molar-refractivity contribution in [1.29, 1.82) is 0 Å². The highest BCUT2D eigenvalue weighted by molar-refractivity contribution is 5.89. The second-order valence-corrected chi connectivity index (χ2v) is 6.30. The molecule has 1 aliphatic rings. The van der Waals surface area contributed by atoms with Crippen LogP contribution in [0.1, 0.15) is 17.9 Å². The summed E-state index contributed by atoms with van der Waals surface area (Å²) in [6.07, 6.45) is -0.159. The lowest BCUT2D eigenvalue weighted by molar-refractivity contribution is -0.135. The number of nitrogens with zero attached hydrogens (tertiary/aromatic N) is 1. The number of hydrogen-bond donors (Lipinski definition) is 5. The van der Waals surface area contributed by atoms with Crippen LogP contribution in [-0.4, -0.2) is 76.5 Å². The zero-order valence-corrected chi connectivity index (χ0v) is 14.2. The maximum absolute atomic E-state index is 12.3. The van der Waals surface area contributed by atoms with Crippen LogP contribution in [0, 0.1) is 6.92 Å². The van der Waals surface area contributed by atoms with Crippen LogP contribution in [0.25, 0.3) is 0 Å². The van der Waals surface area contributed by atoms with E-state index in [9.17, 15) is 24.9 Å². The van der Waals surface area contributed by atoms with Crippen LogP contribution in [0.15, 0.2) is 16.5 Å². The van der Waals surface area contributed by atoms with Gasteiger partial charge in [0.2, 0.25) is 11.8 Å².